The second kappa shape index (κ2) is 5.59. The number of amides is 1. The zero-order valence-electron chi connectivity index (χ0n) is 13.6. The van der Waals surface area contributed by atoms with Gasteiger partial charge < -0.3 is 9.88 Å². The fourth-order valence-electron chi connectivity index (χ4n) is 3.36. The van der Waals surface area contributed by atoms with Gasteiger partial charge in [0.2, 0.25) is 5.91 Å². The molecule has 0 fully saturated rings. The summed E-state index contributed by atoms with van der Waals surface area (Å²) in [6.07, 6.45) is 5.66. The van der Waals surface area contributed by atoms with E-state index in [1.54, 1.807) is 0 Å². The third-order valence-corrected chi connectivity index (χ3v) is 4.67. The molecule has 0 aromatic carbocycles. The van der Waals surface area contributed by atoms with E-state index in [0.29, 0.717) is 0 Å². The molecule has 0 spiro atoms. The molecule has 0 saturated heterocycles. The number of aryl methyl sites for hydroxylation is 3. The molecular formula is C16H23N5O. The van der Waals surface area contributed by atoms with E-state index in [9.17, 15) is 4.79 Å². The highest BCUT2D eigenvalue weighted by atomic mass is 16.1. The van der Waals surface area contributed by atoms with E-state index in [-0.39, 0.29) is 17.9 Å². The largest absolute Gasteiger partial charge is 0.351 e. The lowest BCUT2D eigenvalue weighted by atomic mass is 9.97. The van der Waals surface area contributed by atoms with Crippen LogP contribution in [0.4, 0.5) is 0 Å². The van der Waals surface area contributed by atoms with Crippen molar-refractivity contribution in [1.29, 1.82) is 0 Å². The molecule has 2 aromatic rings. The van der Waals surface area contributed by atoms with Gasteiger partial charge in [0, 0.05) is 49.7 Å². The van der Waals surface area contributed by atoms with Crippen LogP contribution in [0, 0.1) is 13.8 Å². The zero-order chi connectivity index (χ0) is 15.9. The summed E-state index contributed by atoms with van der Waals surface area (Å²) in [5.74, 6) is 1.00. The third-order valence-electron chi connectivity index (χ3n) is 4.67. The highest BCUT2D eigenvalue weighted by molar-refractivity contribution is 5.84. The third kappa shape index (κ3) is 2.53. The summed E-state index contributed by atoms with van der Waals surface area (Å²) in [4.78, 5) is 16.9. The van der Waals surface area contributed by atoms with Gasteiger partial charge in [-0.25, -0.2) is 4.98 Å². The summed E-state index contributed by atoms with van der Waals surface area (Å²) < 4.78 is 3.96. The lowest BCUT2D eigenvalue weighted by molar-refractivity contribution is -0.123. The van der Waals surface area contributed by atoms with Crippen molar-refractivity contribution < 1.29 is 4.79 Å². The van der Waals surface area contributed by atoms with Crippen LogP contribution in [0.5, 0.6) is 0 Å². The average Bonchev–Trinajstić information content (AvgIpc) is 3.03. The number of nitrogens with zero attached hydrogens (tertiary/aromatic N) is 4. The van der Waals surface area contributed by atoms with E-state index in [1.807, 2.05) is 44.9 Å². The Morgan fingerprint density at radius 3 is 2.91 bits per heavy atom. The molecule has 0 saturated carbocycles. The fourth-order valence-corrected chi connectivity index (χ4v) is 3.36. The molecule has 1 aliphatic rings. The minimum atomic E-state index is -0.183. The van der Waals surface area contributed by atoms with Crippen LogP contribution in [0.3, 0.4) is 0 Å². The van der Waals surface area contributed by atoms with Gasteiger partial charge in [-0.2, -0.15) is 5.10 Å². The molecule has 2 unspecified atom stereocenters. The molecule has 3 heterocycles. The zero-order valence-corrected chi connectivity index (χ0v) is 13.6. The maximum Gasteiger partial charge on any atom is 0.227 e. The van der Waals surface area contributed by atoms with Crippen molar-refractivity contribution in [2.24, 2.45) is 7.05 Å². The Labute approximate surface area is 130 Å². The van der Waals surface area contributed by atoms with Gasteiger partial charge >= 0.3 is 0 Å². The van der Waals surface area contributed by atoms with E-state index in [0.717, 1.165) is 42.2 Å². The van der Waals surface area contributed by atoms with Crippen LogP contribution in [-0.2, 0) is 24.8 Å². The predicted molar refractivity (Wildman–Crippen MR) is 83.6 cm³/mol. The predicted octanol–water partition coefficient (Wildman–Crippen LogP) is 1.47. The topological polar surface area (TPSA) is 64.7 Å². The Bertz CT molecular complexity index is 699. The average molecular weight is 301 g/mol. The van der Waals surface area contributed by atoms with E-state index in [2.05, 4.69) is 20.0 Å². The Hall–Kier alpha value is -2.11. The molecule has 2 aromatic heterocycles. The second-order valence-electron chi connectivity index (χ2n) is 6.17. The number of nitrogens with one attached hydrogen (secondary N) is 1. The van der Waals surface area contributed by atoms with Crippen molar-refractivity contribution in [3.63, 3.8) is 0 Å². The maximum absolute atomic E-state index is 12.6. The first-order chi connectivity index (χ1) is 10.5. The van der Waals surface area contributed by atoms with E-state index in [1.165, 1.54) is 0 Å². The number of rotatable bonds is 3. The first kappa shape index (κ1) is 14.8. The number of aromatic nitrogens is 4. The van der Waals surface area contributed by atoms with Crippen LogP contribution in [0.2, 0.25) is 0 Å². The van der Waals surface area contributed by atoms with E-state index >= 15 is 0 Å². The molecule has 22 heavy (non-hydrogen) atoms. The van der Waals surface area contributed by atoms with Crippen molar-refractivity contribution in [1.82, 2.24) is 24.6 Å². The van der Waals surface area contributed by atoms with Gasteiger partial charge in [-0.1, -0.05) is 0 Å². The highest BCUT2D eigenvalue weighted by Gasteiger charge is 2.26. The van der Waals surface area contributed by atoms with Crippen molar-refractivity contribution in [2.45, 2.75) is 52.1 Å². The van der Waals surface area contributed by atoms with Crippen LogP contribution >= 0.6 is 0 Å². The summed E-state index contributed by atoms with van der Waals surface area (Å²) in [6, 6.07) is 0.175. The Kier molecular flexibility index (Phi) is 3.76. The van der Waals surface area contributed by atoms with E-state index in [4.69, 9.17) is 0 Å². The molecule has 3 rings (SSSR count). The lowest BCUT2D eigenvalue weighted by Gasteiger charge is -2.26. The molecule has 118 valence electrons. The Morgan fingerprint density at radius 2 is 2.23 bits per heavy atom. The van der Waals surface area contributed by atoms with Crippen LogP contribution in [0.25, 0.3) is 0 Å². The highest BCUT2D eigenvalue weighted by Crippen LogP contribution is 2.23. The van der Waals surface area contributed by atoms with Gasteiger partial charge in [-0.3, -0.25) is 9.48 Å². The molecule has 1 aliphatic heterocycles. The molecule has 2 atom stereocenters. The van der Waals surface area contributed by atoms with Gasteiger partial charge in [0.25, 0.3) is 0 Å². The second-order valence-corrected chi connectivity index (χ2v) is 6.17. The Balaban J connectivity index is 1.70. The van der Waals surface area contributed by atoms with Gasteiger partial charge in [-0.05, 0) is 27.2 Å². The first-order valence-electron chi connectivity index (χ1n) is 7.78. The molecule has 0 radical (unpaired) electrons. The molecule has 6 heteroatoms. The normalized spacial score (nSPS) is 18.8. The number of hydrogen-bond donors (Lipinski definition) is 1. The van der Waals surface area contributed by atoms with Crippen molar-refractivity contribution in [2.75, 3.05) is 0 Å². The number of imidazole rings is 1. The van der Waals surface area contributed by atoms with Gasteiger partial charge in [0.15, 0.2) is 0 Å². The molecule has 1 amide bonds. The van der Waals surface area contributed by atoms with Crippen LogP contribution < -0.4 is 5.32 Å². The molecule has 6 nitrogen and oxygen atoms in total. The first-order valence-corrected chi connectivity index (χ1v) is 7.78. The monoisotopic (exact) mass is 301 g/mol. The number of fused-ring (bicyclic) bond motifs is 1. The summed E-state index contributed by atoms with van der Waals surface area (Å²) in [5.41, 5.74) is 3.03. The number of carbonyl (C=O) groups is 1. The van der Waals surface area contributed by atoms with Crippen molar-refractivity contribution in [3.05, 3.63) is 35.2 Å². The van der Waals surface area contributed by atoms with Gasteiger partial charge in [-0.15, -0.1) is 0 Å². The SMILES string of the molecule is Cc1nn(C)c(C)c1C(C)C(=O)NC1CCc2nccn2C1. The van der Waals surface area contributed by atoms with Gasteiger partial charge in [0.05, 0.1) is 11.6 Å². The van der Waals surface area contributed by atoms with Crippen LogP contribution in [-0.4, -0.2) is 31.3 Å². The van der Waals surface area contributed by atoms with Crippen molar-refractivity contribution >= 4 is 5.91 Å². The summed E-state index contributed by atoms with van der Waals surface area (Å²) in [7, 11) is 1.91. The van der Waals surface area contributed by atoms with Crippen LogP contribution in [0.1, 0.15) is 42.0 Å². The number of carbonyl (C=O) groups excluding carboxylic acids is 1. The summed E-state index contributed by atoms with van der Waals surface area (Å²) >= 11 is 0. The summed E-state index contributed by atoms with van der Waals surface area (Å²) in [5, 5.41) is 7.59. The molecule has 1 N–H and O–H groups in total. The molecular weight excluding hydrogens is 278 g/mol. The van der Waals surface area contributed by atoms with Crippen LogP contribution in [0.15, 0.2) is 12.4 Å². The standard InChI is InChI=1S/C16H23N5O/c1-10(15-11(2)19-20(4)12(15)3)16(22)18-13-5-6-14-17-7-8-21(14)9-13/h7-8,10,13H,5-6,9H2,1-4H3,(H,18,22). The van der Waals surface area contributed by atoms with Gasteiger partial charge in [0.1, 0.15) is 5.82 Å². The van der Waals surface area contributed by atoms with Crippen molar-refractivity contribution in [3.8, 4) is 0 Å². The maximum atomic E-state index is 12.6. The number of hydrogen-bond acceptors (Lipinski definition) is 3. The fraction of sp³-hybridized carbons (Fsp3) is 0.562. The molecule has 0 aliphatic carbocycles. The Morgan fingerprint density at radius 1 is 1.45 bits per heavy atom. The summed E-state index contributed by atoms with van der Waals surface area (Å²) in [6.45, 7) is 6.73. The smallest absolute Gasteiger partial charge is 0.227 e. The minimum absolute atomic E-state index is 0.0766. The quantitative estimate of drug-likeness (QED) is 0.933. The lowest BCUT2D eigenvalue weighted by Crippen LogP contribution is -2.42. The molecule has 0 bridgehead atoms. The minimum Gasteiger partial charge on any atom is -0.351 e. The van der Waals surface area contributed by atoms with E-state index < -0.39 is 0 Å².